The molecule has 0 saturated carbocycles. The van der Waals surface area contributed by atoms with Gasteiger partial charge in [-0.15, -0.1) is 0 Å². The molecule has 0 aliphatic carbocycles. The predicted molar refractivity (Wildman–Crippen MR) is 86.1 cm³/mol. The number of benzene rings is 1. The highest BCUT2D eigenvalue weighted by Gasteiger charge is 2.44. The summed E-state index contributed by atoms with van der Waals surface area (Å²) < 4.78 is 0. The summed E-state index contributed by atoms with van der Waals surface area (Å²) in [6, 6.07) is 9.22. The molecule has 1 saturated heterocycles. The van der Waals surface area contributed by atoms with Crippen LogP contribution in [0.25, 0.3) is 0 Å². The molecule has 6 nitrogen and oxygen atoms in total. The molecule has 1 aromatic carbocycles. The zero-order valence-electron chi connectivity index (χ0n) is 13.5. The Morgan fingerprint density at radius 3 is 2.26 bits per heavy atom. The monoisotopic (exact) mass is 315 g/mol. The second kappa shape index (κ2) is 6.02. The van der Waals surface area contributed by atoms with Crippen LogP contribution in [-0.2, 0) is 9.63 Å². The van der Waals surface area contributed by atoms with E-state index in [9.17, 15) is 9.59 Å². The maximum Gasteiger partial charge on any atom is 0.269 e. The van der Waals surface area contributed by atoms with Crippen LogP contribution in [0.3, 0.4) is 0 Å². The number of oxime groups is 1. The minimum absolute atomic E-state index is 0.0141. The Labute approximate surface area is 135 Å². The van der Waals surface area contributed by atoms with Crippen molar-refractivity contribution >= 4 is 17.5 Å². The molecule has 1 aromatic rings. The fourth-order valence-electron chi connectivity index (χ4n) is 3.06. The molecule has 2 amide bonds. The largest absolute Gasteiger partial charge is 0.379 e. The van der Waals surface area contributed by atoms with Gasteiger partial charge >= 0.3 is 0 Å². The third-order valence-electron chi connectivity index (χ3n) is 4.32. The Morgan fingerprint density at radius 2 is 1.70 bits per heavy atom. The van der Waals surface area contributed by atoms with Crippen molar-refractivity contribution in [2.24, 2.45) is 5.16 Å². The third kappa shape index (κ3) is 3.06. The van der Waals surface area contributed by atoms with Gasteiger partial charge in [0.25, 0.3) is 11.8 Å². The molecule has 0 bridgehead atoms. The predicted octanol–water partition coefficient (Wildman–Crippen LogP) is 1.53. The Morgan fingerprint density at radius 1 is 1.09 bits per heavy atom. The van der Waals surface area contributed by atoms with Gasteiger partial charge in [0.15, 0.2) is 0 Å². The normalized spacial score (nSPS) is 24.2. The van der Waals surface area contributed by atoms with Crippen molar-refractivity contribution in [2.45, 2.75) is 25.9 Å². The first-order chi connectivity index (χ1) is 11.0. The Balaban J connectivity index is 1.58. The van der Waals surface area contributed by atoms with Crippen molar-refractivity contribution in [2.75, 3.05) is 26.2 Å². The van der Waals surface area contributed by atoms with Gasteiger partial charge in [0.05, 0.1) is 5.71 Å². The van der Waals surface area contributed by atoms with Crippen molar-refractivity contribution in [1.29, 1.82) is 0 Å². The van der Waals surface area contributed by atoms with Gasteiger partial charge in [0.2, 0.25) is 5.60 Å². The van der Waals surface area contributed by atoms with Gasteiger partial charge in [0, 0.05) is 38.2 Å². The summed E-state index contributed by atoms with van der Waals surface area (Å²) >= 11 is 0. The molecule has 0 radical (unpaired) electrons. The summed E-state index contributed by atoms with van der Waals surface area (Å²) in [5.74, 6) is -0.0369. The molecule has 2 aliphatic rings. The molecule has 1 fully saturated rings. The summed E-state index contributed by atoms with van der Waals surface area (Å²) in [5.41, 5.74) is 0.622. The van der Waals surface area contributed by atoms with Crippen LogP contribution in [0.2, 0.25) is 0 Å². The molecular formula is C17H21N3O3. The lowest BCUT2D eigenvalue weighted by molar-refractivity contribution is -0.154. The first-order valence-corrected chi connectivity index (χ1v) is 7.85. The van der Waals surface area contributed by atoms with E-state index >= 15 is 0 Å². The van der Waals surface area contributed by atoms with Gasteiger partial charge in [-0.25, -0.2) is 0 Å². The molecule has 3 rings (SSSR count). The summed E-state index contributed by atoms with van der Waals surface area (Å²) in [5, 5.41) is 3.89. The Bertz CT molecular complexity index is 636. The van der Waals surface area contributed by atoms with Crippen LogP contribution >= 0.6 is 0 Å². The van der Waals surface area contributed by atoms with E-state index in [1.165, 1.54) is 0 Å². The molecule has 2 heterocycles. The number of hydrogen-bond acceptors (Lipinski definition) is 4. The summed E-state index contributed by atoms with van der Waals surface area (Å²) in [7, 11) is 0. The van der Waals surface area contributed by atoms with E-state index in [2.05, 4.69) is 5.16 Å². The Hall–Kier alpha value is -2.37. The number of carbonyl (C=O) groups is 2. The summed E-state index contributed by atoms with van der Waals surface area (Å²) in [6.07, 6.45) is 0.523. The van der Waals surface area contributed by atoms with E-state index in [-0.39, 0.29) is 11.8 Å². The number of amides is 2. The van der Waals surface area contributed by atoms with E-state index in [4.69, 9.17) is 4.84 Å². The number of carbonyl (C=O) groups excluding carboxylic acids is 2. The quantitative estimate of drug-likeness (QED) is 0.831. The van der Waals surface area contributed by atoms with Gasteiger partial charge < -0.3 is 14.6 Å². The van der Waals surface area contributed by atoms with E-state index in [0.717, 1.165) is 5.71 Å². The third-order valence-corrected chi connectivity index (χ3v) is 4.32. The molecule has 1 atom stereocenters. The van der Waals surface area contributed by atoms with Crippen LogP contribution in [0.4, 0.5) is 0 Å². The highest BCUT2D eigenvalue weighted by atomic mass is 16.7. The van der Waals surface area contributed by atoms with Crippen molar-refractivity contribution in [3.8, 4) is 0 Å². The standard InChI is InChI=1S/C17H21N3O3/c1-13-12-17(2,23-18-13)16(22)20-10-8-19(9-11-20)15(21)14-6-4-3-5-7-14/h3-7H,8-12H2,1-2H3. The first kappa shape index (κ1) is 15.5. The van der Waals surface area contributed by atoms with Crippen molar-refractivity contribution in [1.82, 2.24) is 9.80 Å². The zero-order chi connectivity index (χ0) is 16.4. The smallest absolute Gasteiger partial charge is 0.269 e. The van der Waals surface area contributed by atoms with Gasteiger partial charge in [0.1, 0.15) is 0 Å². The van der Waals surface area contributed by atoms with Gasteiger partial charge in [-0.3, -0.25) is 9.59 Å². The van der Waals surface area contributed by atoms with Crippen LogP contribution in [-0.4, -0.2) is 59.1 Å². The maximum absolute atomic E-state index is 12.6. The van der Waals surface area contributed by atoms with Crippen molar-refractivity contribution in [3.63, 3.8) is 0 Å². The zero-order valence-corrected chi connectivity index (χ0v) is 13.5. The molecule has 0 spiro atoms. The van der Waals surface area contributed by atoms with E-state index in [1.54, 1.807) is 16.7 Å². The van der Waals surface area contributed by atoms with Crippen molar-refractivity contribution in [3.05, 3.63) is 35.9 Å². The van der Waals surface area contributed by atoms with Gasteiger partial charge in [-0.2, -0.15) is 0 Å². The van der Waals surface area contributed by atoms with Crippen LogP contribution in [0.1, 0.15) is 30.6 Å². The number of nitrogens with zero attached hydrogens (tertiary/aromatic N) is 3. The molecule has 2 aliphatic heterocycles. The molecule has 122 valence electrons. The number of piperazine rings is 1. The fraction of sp³-hybridized carbons (Fsp3) is 0.471. The van der Waals surface area contributed by atoms with E-state index in [0.29, 0.717) is 38.2 Å². The number of rotatable bonds is 2. The lowest BCUT2D eigenvalue weighted by Crippen LogP contribution is -2.55. The minimum Gasteiger partial charge on any atom is -0.379 e. The molecule has 6 heteroatoms. The fourth-order valence-corrected chi connectivity index (χ4v) is 3.06. The summed E-state index contributed by atoms with van der Waals surface area (Å²) in [4.78, 5) is 33.9. The van der Waals surface area contributed by atoms with Crippen LogP contribution < -0.4 is 0 Å². The second-order valence-corrected chi connectivity index (χ2v) is 6.28. The van der Waals surface area contributed by atoms with Gasteiger partial charge in [-0.1, -0.05) is 23.4 Å². The molecule has 23 heavy (non-hydrogen) atoms. The molecular weight excluding hydrogens is 294 g/mol. The average molecular weight is 315 g/mol. The maximum atomic E-state index is 12.6. The molecule has 0 N–H and O–H groups in total. The minimum atomic E-state index is -0.893. The Kier molecular flexibility index (Phi) is 4.07. The SMILES string of the molecule is CC1=NOC(C)(C(=O)N2CCN(C(=O)c3ccccc3)CC2)C1. The van der Waals surface area contributed by atoms with E-state index < -0.39 is 5.60 Å². The lowest BCUT2D eigenvalue weighted by atomic mass is 9.98. The number of hydrogen-bond donors (Lipinski definition) is 0. The van der Waals surface area contributed by atoms with Crippen LogP contribution in [0, 0.1) is 0 Å². The first-order valence-electron chi connectivity index (χ1n) is 7.85. The second-order valence-electron chi connectivity index (χ2n) is 6.28. The van der Waals surface area contributed by atoms with Crippen molar-refractivity contribution < 1.29 is 14.4 Å². The van der Waals surface area contributed by atoms with E-state index in [1.807, 2.05) is 37.3 Å². The lowest BCUT2D eigenvalue weighted by Gasteiger charge is -2.37. The topological polar surface area (TPSA) is 62.2 Å². The molecule has 0 aromatic heterocycles. The van der Waals surface area contributed by atoms with Crippen LogP contribution in [0.15, 0.2) is 35.5 Å². The highest BCUT2D eigenvalue weighted by molar-refractivity contribution is 5.95. The molecule has 1 unspecified atom stereocenters. The van der Waals surface area contributed by atoms with Crippen LogP contribution in [0.5, 0.6) is 0 Å². The van der Waals surface area contributed by atoms with Gasteiger partial charge in [-0.05, 0) is 26.0 Å². The average Bonchev–Trinajstić information content (AvgIpc) is 2.95. The summed E-state index contributed by atoms with van der Waals surface area (Å²) in [6.45, 7) is 5.75. The highest BCUT2D eigenvalue weighted by Crippen LogP contribution is 2.26.